The molecule has 30 heavy (non-hydrogen) atoms. The fraction of sp³-hybridized carbons (Fsp3) is 0.273. The molecular weight excluding hydrogens is 400 g/mol. The monoisotopic (exact) mass is 424 g/mol. The van der Waals surface area contributed by atoms with E-state index in [1.807, 2.05) is 54.6 Å². The molecule has 1 N–H and O–H groups in total. The summed E-state index contributed by atoms with van der Waals surface area (Å²) in [6.07, 6.45) is 1.73. The van der Waals surface area contributed by atoms with Gasteiger partial charge in [-0.05, 0) is 29.0 Å². The van der Waals surface area contributed by atoms with Gasteiger partial charge in [0.1, 0.15) is 5.82 Å². The Morgan fingerprint density at radius 3 is 2.43 bits per heavy atom. The highest BCUT2D eigenvalue weighted by atomic mass is 32.2. The summed E-state index contributed by atoms with van der Waals surface area (Å²) in [6.45, 7) is 2.09. The summed E-state index contributed by atoms with van der Waals surface area (Å²) >= 11 is 0. The Labute approximate surface area is 176 Å². The topological polar surface area (TPSA) is 82.6 Å². The van der Waals surface area contributed by atoms with E-state index in [4.69, 9.17) is 0 Å². The van der Waals surface area contributed by atoms with E-state index >= 15 is 0 Å². The second-order valence-electron chi connectivity index (χ2n) is 7.17. The number of rotatable bonds is 6. The molecule has 4 rings (SSSR count). The maximum Gasteiger partial charge on any atom is 0.251 e. The molecule has 8 heteroatoms. The van der Waals surface area contributed by atoms with E-state index in [0.717, 1.165) is 16.6 Å². The Morgan fingerprint density at radius 1 is 0.933 bits per heavy atom. The fourth-order valence-electron chi connectivity index (χ4n) is 3.68. The lowest BCUT2D eigenvalue weighted by Gasteiger charge is -2.34. The molecule has 1 aliphatic heterocycles. The molecule has 1 aromatic heterocycles. The Kier molecular flexibility index (Phi) is 5.96. The van der Waals surface area contributed by atoms with E-state index in [-0.39, 0.29) is 18.2 Å². The van der Waals surface area contributed by atoms with E-state index in [0.29, 0.717) is 31.7 Å². The highest BCUT2D eigenvalue weighted by Crippen LogP contribution is 2.18. The average Bonchev–Trinajstić information content (AvgIpc) is 2.79. The molecule has 0 saturated carbocycles. The van der Waals surface area contributed by atoms with E-state index < -0.39 is 10.0 Å². The molecule has 1 amide bonds. The van der Waals surface area contributed by atoms with E-state index in [9.17, 15) is 13.2 Å². The highest BCUT2D eigenvalue weighted by Gasteiger charge is 2.27. The lowest BCUT2D eigenvalue weighted by molar-refractivity contribution is 0.0957. The summed E-state index contributed by atoms with van der Waals surface area (Å²) in [5.74, 6) is 0.478. The molecule has 0 aliphatic carbocycles. The third-order valence-electron chi connectivity index (χ3n) is 5.29. The van der Waals surface area contributed by atoms with Gasteiger partial charge in [0, 0.05) is 44.5 Å². The van der Waals surface area contributed by atoms with Gasteiger partial charge in [0.2, 0.25) is 10.0 Å². The van der Waals surface area contributed by atoms with Gasteiger partial charge in [0.05, 0.1) is 5.75 Å². The number of hydrogen-bond donors (Lipinski definition) is 1. The first-order valence-corrected chi connectivity index (χ1v) is 11.6. The number of amides is 1. The third-order valence-corrected chi connectivity index (χ3v) is 7.16. The highest BCUT2D eigenvalue weighted by molar-refractivity contribution is 7.89. The average molecular weight is 425 g/mol. The van der Waals surface area contributed by atoms with Crippen LogP contribution in [0.2, 0.25) is 0 Å². The summed E-state index contributed by atoms with van der Waals surface area (Å²) in [7, 11) is -3.44. The number of sulfonamides is 1. The first-order chi connectivity index (χ1) is 14.5. The largest absolute Gasteiger partial charge is 0.354 e. The molecule has 0 unspecified atom stereocenters. The standard InChI is InChI=1S/C22H24N4O3S/c27-22(20-9-5-7-18-6-1-2-8-19(18)20)24-12-17-30(28,29)26-15-13-25(14-16-26)21-10-3-4-11-23-21/h1-11H,12-17H2,(H,24,27). The number of nitrogens with zero attached hydrogens (tertiary/aromatic N) is 3. The van der Waals surface area contributed by atoms with E-state index in [2.05, 4.69) is 15.2 Å². The van der Waals surface area contributed by atoms with Gasteiger partial charge in [-0.2, -0.15) is 4.31 Å². The molecule has 156 valence electrons. The number of aromatic nitrogens is 1. The van der Waals surface area contributed by atoms with Crippen molar-refractivity contribution in [3.8, 4) is 0 Å². The predicted octanol–water partition coefficient (Wildman–Crippen LogP) is 2.12. The molecule has 1 saturated heterocycles. The maximum absolute atomic E-state index is 12.7. The number of pyridine rings is 1. The lowest BCUT2D eigenvalue weighted by Crippen LogP contribution is -2.50. The first kappa shape index (κ1) is 20.3. The van der Waals surface area contributed by atoms with Crippen LogP contribution >= 0.6 is 0 Å². The number of hydrogen-bond acceptors (Lipinski definition) is 5. The van der Waals surface area contributed by atoms with Crippen LogP contribution in [0.25, 0.3) is 10.8 Å². The van der Waals surface area contributed by atoms with Gasteiger partial charge in [-0.3, -0.25) is 4.79 Å². The second kappa shape index (κ2) is 8.81. The summed E-state index contributed by atoms with van der Waals surface area (Å²) in [4.78, 5) is 19.0. The SMILES string of the molecule is O=C(NCCS(=O)(=O)N1CCN(c2ccccn2)CC1)c1cccc2ccccc12. The van der Waals surface area contributed by atoms with Crippen LogP contribution < -0.4 is 10.2 Å². The fourth-order valence-corrected chi connectivity index (χ4v) is 5.02. The quantitative estimate of drug-likeness (QED) is 0.655. The minimum Gasteiger partial charge on any atom is -0.354 e. The van der Waals surface area contributed by atoms with Crippen molar-refractivity contribution in [3.05, 3.63) is 72.4 Å². The number of nitrogens with one attached hydrogen (secondary N) is 1. The number of carbonyl (C=O) groups excluding carboxylic acids is 1. The molecule has 1 fully saturated rings. The molecule has 0 radical (unpaired) electrons. The predicted molar refractivity (Wildman–Crippen MR) is 118 cm³/mol. The molecule has 1 aliphatic rings. The summed E-state index contributed by atoms with van der Waals surface area (Å²) in [6, 6.07) is 18.9. The Morgan fingerprint density at radius 2 is 1.67 bits per heavy atom. The molecule has 0 bridgehead atoms. The smallest absolute Gasteiger partial charge is 0.251 e. The zero-order valence-corrected chi connectivity index (χ0v) is 17.4. The van der Waals surface area contributed by atoms with Crippen LogP contribution in [-0.4, -0.2) is 62.1 Å². The van der Waals surface area contributed by atoms with Gasteiger partial charge in [-0.15, -0.1) is 0 Å². The van der Waals surface area contributed by atoms with E-state index in [1.54, 1.807) is 12.3 Å². The van der Waals surface area contributed by atoms with Crippen LogP contribution in [0.5, 0.6) is 0 Å². The Hall–Kier alpha value is -2.97. The van der Waals surface area contributed by atoms with Crippen molar-refractivity contribution >= 4 is 32.5 Å². The van der Waals surface area contributed by atoms with Crippen molar-refractivity contribution < 1.29 is 13.2 Å². The van der Waals surface area contributed by atoms with Crippen molar-refractivity contribution in [1.82, 2.24) is 14.6 Å². The summed E-state index contributed by atoms with van der Waals surface area (Å²) in [5.41, 5.74) is 0.550. The van der Waals surface area contributed by atoms with Crippen LogP contribution in [0, 0.1) is 0 Å². The van der Waals surface area contributed by atoms with Crippen LogP contribution in [0.4, 0.5) is 5.82 Å². The Bertz CT molecular complexity index is 1120. The van der Waals surface area contributed by atoms with Crippen molar-refractivity contribution in [3.63, 3.8) is 0 Å². The van der Waals surface area contributed by atoms with Gasteiger partial charge in [-0.25, -0.2) is 13.4 Å². The van der Waals surface area contributed by atoms with Gasteiger partial charge < -0.3 is 10.2 Å². The number of carbonyl (C=O) groups is 1. The zero-order valence-electron chi connectivity index (χ0n) is 16.6. The lowest BCUT2D eigenvalue weighted by atomic mass is 10.0. The minimum atomic E-state index is -3.44. The van der Waals surface area contributed by atoms with Crippen molar-refractivity contribution in [2.45, 2.75) is 0 Å². The molecule has 2 aromatic carbocycles. The third kappa shape index (κ3) is 4.44. The summed E-state index contributed by atoms with van der Waals surface area (Å²) < 4.78 is 26.9. The normalized spacial score (nSPS) is 15.3. The van der Waals surface area contributed by atoms with Gasteiger partial charge in [0.25, 0.3) is 5.91 Å². The number of fused-ring (bicyclic) bond motifs is 1. The van der Waals surface area contributed by atoms with Gasteiger partial charge >= 0.3 is 0 Å². The van der Waals surface area contributed by atoms with Crippen molar-refractivity contribution in [1.29, 1.82) is 0 Å². The number of benzene rings is 2. The molecule has 0 atom stereocenters. The van der Waals surface area contributed by atoms with Gasteiger partial charge in [-0.1, -0.05) is 42.5 Å². The van der Waals surface area contributed by atoms with E-state index in [1.165, 1.54) is 4.31 Å². The zero-order chi connectivity index (χ0) is 21.0. The van der Waals surface area contributed by atoms with Crippen molar-refractivity contribution in [2.75, 3.05) is 43.4 Å². The molecule has 3 aromatic rings. The van der Waals surface area contributed by atoms with Crippen LogP contribution in [0.1, 0.15) is 10.4 Å². The van der Waals surface area contributed by atoms with Crippen LogP contribution in [0.15, 0.2) is 66.9 Å². The number of piperazine rings is 1. The number of anilines is 1. The summed E-state index contributed by atoms with van der Waals surface area (Å²) in [5, 5.41) is 4.58. The molecular formula is C22H24N4O3S. The molecule has 0 spiro atoms. The van der Waals surface area contributed by atoms with Crippen molar-refractivity contribution in [2.24, 2.45) is 0 Å². The van der Waals surface area contributed by atoms with Crippen LogP contribution in [-0.2, 0) is 10.0 Å². The molecule has 7 nitrogen and oxygen atoms in total. The maximum atomic E-state index is 12.7. The minimum absolute atomic E-state index is 0.0742. The first-order valence-electron chi connectivity index (χ1n) is 9.94. The van der Waals surface area contributed by atoms with Gasteiger partial charge in [0.15, 0.2) is 0 Å². The second-order valence-corrected chi connectivity index (χ2v) is 9.26. The Balaban J connectivity index is 1.32. The molecule has 2 heterocycles. The van der Waals surface area contributed by atoms with Crippen LogP contribution in [0.3, 0.4) is 0 Å².